The number of amides is 2. The van der Waals surface area contributed by atoms with Gasteiger partial charge in [0.25, 0.3) is 0 Å². The number of nitrogens with one attached hydrogen (secondary N) is 2. The van der Waals surface area contributed by atoms with E-state index >= 15 is 0 Å². The van der Waals surface area contributed by atoms with Crippen molar-refractivity contribution in [2.45, 2.75) is 31.8 Å². The van der Waals surface area contributed by atoms with Gasteiger partial charge in [-0.1, -0.05) is 0 Å². The van der Waals surface area contributed by atoms with Gasteiger partial charge in [-0.25, -0.2) is 14.8 Å². The Kier molecular flexibility index (Phi) is 5.17. The minimum absolute atomic E-state index is 0.178. The van der Waals surface area contributed by atoms with Crippen molar-refractivity contribution in [3.05, 3.63) is 24.4 Å². The molecule has 0 aliphatic carbocycles. The van der Waals surface area contributed by atoms with Crippen LogP contribution in [0.15, 0.2) is 18.6 Å². The van der Waals surface area contributed by atoms with E-state index in [1.54, 1.807) is 18.6 Å². The molecular weight excluding hydrogens is 326 g/mol. The second-order valence-electron chi connectivity index (χ2n) is 5.59. The lowest BCUT2D eigenvalue weighted by atomic mass is 10.0. The number of carbonyl (C=O) groups excluding carboxylic acids is 2. The normalized spacial score (nSPS) is 17.2. The Hall–Kier alpha value is -3.04. The number of nitrogens with zero attached hydrogens (tertiary/aromatic N) is 5. The Morgan fingerprint density at radius 1 is 1.40 bits per heavy atom. The van der Waals surface area contributed by atoms with Gasteiger partial charge < -0.3 is 10.1 Å². The first-order valence-corrected chi connectivity index (χ1v) is 7.99. The topological polar surface area (TPSA) is 126 Å². The van der Waals surface area contributed by atoms with Crippen LogP contribution in [-0.4, -0.2) is 61.7 Å². The summed E-state index contributed by atoms with van der Waals surface area (Å²) >= 11 is 0. The summed E-state index contributed by atoms with van der Waals surface area (Å²) in [7, 11) is 1.31. The second-order valence-corrected chi connectivity index (χ2v) is 5.59. The third-order valence-corrected chi connectivity index (χ3v) is 3.97. The first-order valence-electron chi connectivity index (χ1n) is 7.99. The van der Waals surface area contributed by atoms with Gasteiger partial charge in [0.1, 0.15) is 17.6 Å². The zero-order valence-electron chi connectivity index (χ0n) is 13.8. The van der Waals surface area contributed by atoms with Gasteiger partial charge in [0.05, 0.1) is 19.9 Å². The van der Waals surface area contributed by atoms with Crippen LogP contribution in [0.4, 0.5) is 4.79 Å². The van der Waals surface area contributed by atoms with Gasteiger partial charge >= 0.3 is 6.09 Å². The molecule has 1 unspecified atom stereocenters. The van der Waals surface area contributed by atoms with Gasteiger partial charge in [0.2, 0.25) is 11.7 Å². The average Bonchev–Trinajstić information content (AvgIpc) is 3.15. The standard InChI is InChI=1S/C15H19N7O3/c1-25-15(24)22-7-3-2-4-11(22)14(23)18-9-12-19-13(21-20-12)10-8-16-5-6-17-10/h5-6,8,11H,2-4,7,9H2,1H3,(H,18,23)(H,19,20,21). The molecule has 0 spiro atoms. The van der Waals surface area contributed by atoms with Crippen LogP contribution in [0.1, 0.15) is 25.1 Å². The van der Waals surface area contributed by atoms with E-state index in [2.05, 4.69) is 30.5 Å². The number of likely N-dealkylation sites (tertiary alicyclic amines) is 1. The van der Waals surface area contributed by atoms with Gasteiger partial charge in [0.15, 0.2) is 0 Å². The number of hydrogen-bond acceptors (Lipinski definition) is 7. The summed E-state index contributed by atoms with van der Waals surface area (Å²) in [6.45, 7) is 0.696. The second kappa shape index (κ2) is 7.69. The molecule has 1 saturated heterocycles. The molecule has 2 amide bonds. The molecule has 3 heterocycles. The van der Waals surface area contributed by atoms with E-state index in [9.17, 15) is 9.59 Å². The molecule has 0 radical (unpaired) electrons. The minimum atomic E-state index is -0.524. The lowest BCUT2D eigenvalue weighted by molar-refractivity contribution is -0.127. The van der Waals surface area contributed by atoms with Crippen molar-refractivity contribution >= 4 is 12.0 Å². The highest BCUT2D eigenvalue weighted by molar-refractivity contribution is 5.85. The number of H-pyrrole nitrogens is 1. The highest BCUT2D eigenvalue weighted by Crippen LogP contribution is 2.18. The van der Waals surface area contributed by atoms with E-state index < -0.39 is 12.1 Å². The Bertz CT molecular complexity index is 734. The van der Waals surface area contributed by atoms with Crippen LogP contribution in [-0.2, 0) is 16.1 Å². The van der Waals surface area contributed by atoms with Gasteiger partial charge in [-0.15, -0.1) is 0 Å². The van der Waals surface area contributed by atoms with Gasteiger partial charge in [-0.05, 0) is 19.3 Å². The molecule has 1 aliphatic heterocycles. The van der Waals surface area contributed by atoms with Crippen molar-refractivity contribution < 1.29 is 14.3 Å². The van der Waals surface area contributed by atoms with Crippen LogP contribution >= 0.6 is 0 Å². The number of carbonyl (C=O) groups is 2. The van der Waals surface area contributed by atoms with Crippen molar-refractivity contribution in [2.75, 3.05) is 13.7 Å². The molecule has 3 rings (SSSR count). The summed E-state index contributed by atoms with van der Waals surface area (Å²) in [5.41, 5.74) is 0.542. The SMILES string of the molecule is COC(=O)N1CCCCC1C(=O)NCc1nc(-c2cnccn2)n[nH]1. The van der Waals surface area contributed by atoms with Gasteiger partial charge in [-0.2, -0.15) is 5.10 Å². The van der Waals surface area contributed by atoms with Crippen molar-refractivity contribution in [1.29, 1.82) is 0 Å². The number of aromatic amines is 1. The summed E-state index contributed by atoms with van der Waals surface area (Å²) in [5.74, 6) is 0.670. The number of methoxy groups -OCH3 is 1. The van der Waals surface area contributed by atoms with E-state index in [-0.39, 0.29) is 12.5 Å². The first kappa shape index (κ1) is 16.8. The molecule has 10 nitrogen and oxygen atoms in total. The molecule has 2 aromatic heterocycles. The van der Waals surface area contributed by atoms with Crippen LogP contribution in [0.3, 0.4) is 0 Å². The fraction of sp³-hybridized carbons (Fsp3) is 0.467. The van der Waals surface area contributed by atoms with Crippen molar-refractivity contribution in [1.82, 2.24) is 35.4 Å². The van der Waals surface area contributed by atoms with Gasteiger partial charge in [-0.3, -0.25) is 19.8 Å². The van der Waals surface area contributed by atoms with Crippen LogP contribution in [0.2, 0.25) is 0 Å². The van der Waals surface area contributed by atoms with Gasteiger partial charge in [0, 0.05) is 18.9 Å². The van der Waals surface area contributed by atoms with Crippen molar-refractivity contribution in [2.24, 2.45) is 0 Å². The highest BCUT2D eigenvalue weighted by atomic mass is 16.5. The third kappa shape index (κ3) is 3.90. The monoisotopic (exact) mass is 345 g/mol. The van der Waals surface area contributed by atoms with Crippen LogP contribution in [0.5, 0.6) is 0 Å². The minimum Gasteiger partial charge on any atom is -0.453 e. The molecule has 1 aliphatic rings. The van der Waals surface area contributed by atoms with E-state index in [4.69, 9.17) is 4.74 Å². The molecule has 1 atom stereocenters. The Morgan fingerprint density at radius 3 is 3.04 bits per heavy atom. The fourth-order valence-corrected chi connectivity index (χ4v) is 2.73. The Labute approximate surface area is 144 Å². The van der Waals surface area contributed by atoms with Crippen LogP contribution < -0.4 is 5.32 Å². The zero-order chi connectivity index (χ0) is 17.6. The van der Waals surface area contributed by atoms with Crippen molar-refractivity contribution in [3.63, 3.8) is 0 Å². The third-order valence-electron chi connectivity index (χ3n) is 3.97. The molecule has 0 bridgehead atoms. The smallest absolute Gasteiger partial charge is 0.410 e. The molecule has 132 valence electrons. The molecule has 1 fully saturated rings. The maximum Gasteiger partial charge on any atom is 0.410 e. The first-order chi connectivity index (χ1) is 12.2. The molecule has 25 heavy (non-hydrogen) atoms. The quantitative estimate of drug-likeness (QED) is 0.826. The molecular formula is C15H19N7O3. The molecule has 2 aromatic rings. The average molecular weight is 345 g/mol. The zero-order valence-corrected chi connectivity index (χ0v) is 13.8. The summed E-state index contributed by atoms with van der Waals surface area (Å²) < 4.78 is 4.75. The van der Waals surface area contributed by atoms with E-state index in [1.807, 2.05) is 0 Å². The van der Waals surface area contributed by atoms with Crippen LogP contribution in [0.25, 0.3) is 11.5 Å². The van der Waals surface area contributed by atoms with Crippen molar-refractivity contribution in [3.8, 4) is 11.5 Å². The Balaban J connectivity index is 1.60. The highest BCUT2D eigenvalue weighted by Gasteiger charge is 2.32. The lowest BCUT2D eigenvalue weighted by Gasteiger charge is -2.33. The number of rotatable bonds is 4. The summed E-state index contributed by atoms with van der Waals surface area (Å²) in [5, 5.41) is 9.60. The van der Waals surface area contributed by atoms with E-state index in [1.165, 1.54) is 12.0 Å². The van der Waals surface area contributed by atoms with E-state index in [0.717, 1.165) is 12.8 Å². The summed E-state index contributed by atoms with van der Waals surface area (Å²) in [6.07, 6.45) is 6.56. The fourth-order valence-electron chi connectivity index (χ4n) is 2.73. The number of aromatic nitrogens is 5. The summed E-state index contributed by atoms with van der Waals surface area (Å²) in [6, 6.07) is -0.524. The number of piperidine rings is 1. The van der Waals surface area contributed by atoms with E-state index in [0.29, 0.717) is 30.3 Å². The predicted octanol–water partition coefficient (Wildman–Crippen LogP) is 0.499. The molecule has 0 saturated carbocycles. The molecule has 10 heteroatoms. The summed E-state index contributed by atoms with van der Waals surface area (Å²) in [4.78, 5) is 38.1. The largest absolute Gasteiger partial charge is 0.453 e. The molecule has 2 N–H and O–H groups in total. The molecule has 0 aromatic carbocycles. The number of hydrogen-bond donors (Lipinski definition) is 2. The lowest BCUT2D eigenvalue weighted by Crippen LogP contribution is -2.51. The maximum absolute atomic E-state index is 12.4. The predicted molar refractivity (Wildman–Crippen MR) is 86.0 cm³/mol. The van der Waals surface area contributed by atoms with Crippen LogP contribution in [0, 0.1) is 0 Å². The maximum atomic E-state index is 12.4. The Morgan fingerprint density at radius 2 is 2.28 bits per heavy atom. The number of ether oxygens (including phenoxy) is 1.